The average Bonchev–Trinajstić information content (AvgIpc) is 2.36. The quantitative estimate of drug-likeness (QED) is 0.856. The minimum Gasteiger partial charge on any atom is -0.508 e. The van der Waals surface area contributed by atoms with Crippen LogP contribution in [0.15, 0.2) is 42.5 Å². The van der Waals surface area contributed by atoms with E-state index in [0.717, 1.165) is 6.07 Å². The molecule has 0 aliphatic carbocycles. The van der Waals surface area contributed by atoms with Crippen LogP contribution < -0.4 is 5.32 Å². The lowest BCUT2D eigenvalue weighted by atomic mass is 10.0. The van der Waals surface area contributed by atoms with Crippen molar-refractivity contribution < 1.29 is 19.0 Å². The molecule has 5 heteroatoms. The first-order chi connectivity index (χ1) is 10.2. The second-order valence-electron chi connectivity index (χ2n) is 5.87. The molecule has 0 radical (unpaired) electrons. The van der Waals surface area contributed by atoms with Crippen LogP contribution in [0.4, 0.5) is 14.9 Å². The number of carbonyl (C=O) groups excluding carboxylic acids is 1. The summed E-state index contributed by atoms with van der Waals surface area (Å²) in [6.07, 6.45) is -0.573. The van der Waals surface area contributed by atoms with Crippen molar-refractivity contribution in [1.29, 1.82) is 0 Å². The highest BCUT2D eigenvalue weighted by Gasteiger charge is 2.16. The van der Waals surface area contributed by atoms with Crippen molar-refractivity contribution in [2.75, 3.05) is 5.32 Å². The van der Waals surface area contributed by atoms with Gasteiger partial charge in [0.25, 0.3) is 0 Å². The number of anilines is 1. The van der Waals surface area contributed by atoms with Crippen molar-refractivity contribution in [2.45, 2.75) is 26.4 Å². The topological polar surface area (TPSA) is 58.6 Å². The fourth-order valence-electron chi connectivity index (χ4n) is 1.92. The van der Waals surface area contributed by atoms with Crippen LogP contribution in [-0.4, -0.2) is 16.8 Å². The number of hydrogen-bond donors (Lipinski definition) is 2. The van der Waals surface area contributed by atoms with Crippen molar-refractivity contribution in [3.63, 3.8) is 0 Å². The summed E-state index contributed by atoms with van der Waals surface area (Å²) in [6.45, 7) is 5.32. The first-order valence-electron chi connectivity index (χ1n) is 6.83. The van der Waals surface area contributed by atoms with Gasteiger partial charge >= 0.3 is 6.09 Å². The van der Waals surface area contributed by atoms with Gasteiger partial charge in [0.15, 0.2) is 0 Å². The Labute approximate surface area is 128 Å². The van der Waals surface area contributed by atoms with Gasteiger partial charge in [0.05, 0.1) is 0 Å². The van der Waals surface area contributed by atoms with Gasteiger partial charge in [-0.25, -0.2) is 9.18 Å². The number of carbonyl (C=O) groups is 1. The molecule has 2 rings (SSSR count). The molecule has 1 amide bonds. The fraction of sp³-hybridized carbons (Fsp3) is 0.235. The maximum absolute atomic E-state index is 13.9. The van der Waals surface area contributed by atoms with Crippen LogP contribution in [-0.2, 0) is 4.74 Å². The van der Waals surface area contributed by atoms with Crippen LogP contribution in [0.3, 0.4) is 0 Å². The van der Waals surface area contributed by atoms with E-state index in [2.05, 4.69) is 5.32 Å². The Morgan fingerprint density at radius 1 is 1.18 bits per heavy atom. The molecule has 2 N–H and O–H groups in total. The smallest absolute Gasteiger partial charge is 0.412 e. The van der Waals surface area contributed by atoms with E-state index in [1.54, 1.807) is 45.0 Å². The standard InChI is InChI=1S/C17H18FNO3/c1-17(2,3)22-16(21)19-12-6-4-5-11(9-12)14-8-7-13(20)10-15(14)18/h4-10,20H,1-3H3,(H,19,21). The zero-order valence-corrected chi connectivity index (χ0v) is 12.7. The van der Waals surface area contributed by atoms with Gasteiger partial charge in [0.2, 0.25) is 0 Å². The molecular weight excluding hydrogens is 285 g/mol. The zero-order chi connectivity index (χ0) is 16.3. The molecule has 4 nitrogen and oxygen atoms in total. The fourth-order valence-corrected chi connectivity index (χ4v) is 1.92. The third-order valence-electron chi connectivity index (χ3n) is 2.77. The summed E-state index contributed by atoms with van der Waals surface area (Å²) in [5.74, 6) is -0.668. The van der Waals surface area contributed by atoms with E-state index >= 15 is 0 Å². The number of nitrogens with one attached hydrogen (secondary N) is 1. The lowest BCUT2D eigenvalue weighted by molar-refractivity contribution is 0.0636. The normalized spacial score (nSPS) is 11.1. The third kappa shape index (κ3) is 4.22. The molecule has 2 aromatic carbocycles. The lowest BCUT2D eigenvalue weighted by Crippen LogP contribution is -2.27. The summed E-state index contributed by atoms with van der Waals surface area (Å²) in [6, 6.07) is 10.7. The van der Waals surface area contributed by atoms with Gasteiger partial charge in [0.1, 0.15) is 17.2 Å². The van der Waals surface area contributed by atoms with Crippen LogP contribution in [0.2, 0.25) is 0 Å². The maximum atomic E-state index is 13.9. The molecule has 0 spiro atoms. The summed E-state index contributed by atoms with van der Waals surface area (Å²) >= 11 is 0. The van der Waals surface area contributed by atoms with Crippen molar-refractivity contribution in [3.8, 4) is 16.9 Å². The van der Waals surface area contributed by atoms with Gasteiger partial charge in [-0.1, -0.05) is 12.1 Å². The molecule has 0 unspecified atom stereocenters. The summed E-state index contributed by atoms with van der Waals surface area (Å²) < 4.78 is 19.1. The average molecular weight is 303 g/mol. The third-order valence-corrected chi connectivity index (χ3v) is 2.77. The minimum atomic E-state index is -0.593. The number of rotatable bonds is 2. The second-order valence-corrected chi connectivity index (χ2v) is 5.87. The number of phenolic OH excluding ortho intramolecular Hbond substituents is 1. The molecule has 0 atom stereocenters. The summed E-state index contributed by atoms with van der Waals surface area (Å²) in [5.41, 5.74) is 0.834. The molecule has 0 saturated carbocycles. The first-order valence-corrected chi connectivity index (χ1v) is 6.83. The van der Waals surface area contributed by atoms with Gasteiger partial charge in [-0.2, -0.15) is 0 Å². The number of phenols is 1. The molecule has 0 aliphatic rings. The largest absolute Gasteiger partial charge is 0.508 e. The molecule has 0 saturated heterocycles. The van der Waals surface area contributed by atoms with E-state index in [-0.39, 0.29) is 5.75 Å². The van der Waals surface area contributed by atoms with Gasteiger partial charge < -0.3 is 9.84 Å². The molecule has 116 valence electrons. The van der Waals surface area contributed by atoms with Gasteiger partial charge in [-0.15, -0.1) is 0 Å². The van der Waals surface area contributed by atoms with E-state index in [1.165, 1.54) is 12.1 Å². The van der Waals surface area contributed by atoms with Crippen molar-refractivity contribution in [1.82, 2.24) is 0 Å². The SMILES string of the molecule is CC(C)(C)OC(=O)Nc1cccc(-c2ccc(O)cc2F)c1. The van der Waals surface area contributed by atoms with E-state index < -0.39 is 17.5 Å². The number of hydrogen-bond acceptors (Lipinski definition) is 3. The molecule has 0 fully saturated rings. The van der Waals surface area contributed by atoms with E-state index in [9.17, 15) is 14.3 Å². The molecule has 0 aromatic heterocycles. The highest BCUT2D eigenvalue weighted by atomic mass is 19.1. The lowest BCUT2D eigenvalue weighted by Gasteiger charge is -2.19. The zero-order valence-electron chi connectivity index (χ0n) is 12.7. The van der Waals surface area contributed by atoms with Gasteiger partial charge in [-0.05, 0) is 50.6 Å². The Kier molecular flexibility index (Phi) is 4.35. The predicted octanol–water partition coefficient (Wildman–Crippen LogP) is 4.55. The Balaban J connectivity index is 2.22. The summed E-state index contributed by atoms with van der Waals surface area (Å²) in [7, 11) is 0. The van der Waals surface area contributed by atoms with Crippen LogP contribution in [0, 0.1) is 5.82 Å². The Morgan fingerprint density at radius 3 is 2.55 bits per heavy atom. The first kappa shape index (κ1) is 15.8. The molecule has 22 heavy (non-hydrogen) atoms. The number of ether oxygens (including phenoxy) is 1. The van der Waals surface area contributed by atoms with Crippen molar-refractivity contribution >= 4 is 11.8 Å². The Morgan fingerprint density at radius 2 is 1.91 bits per heavy atom. The van der Waals surface area contributed by atoms with Gasteiger partial charge in [-0.3, -0.25) is 5.32 Å². The van der Waals surface area contributed by atoms with Crippen LogP contribution in [0.5, 0.6) is 5.75 Å². The molecule has 0 heterocycles. The van der Waals surface area contributed by atoms with Crippen LogP contribution in [0.25, 0.3) is 11.1 Å². The van der Waals surface area contributed by atoms with Gasteiger partial charge in [0, 0.05) is 17.3 Å². The van der Waals surface area contributed by atoms with E-state index in [0.29, 0.717) is 16.8 Å². The minimum absolute atomic E-state index is 0.135. The highest BCUT2D eigenvalue weighted by Crippen LogP contribution is 2.27. The Bertz CT molecular complexity index is 693. The monoisotopic (exact) mass is 303 g/mol. The number of benzene rings is 2. The summed E-state index contributed by atoms with van der Waals surface area (Å²) in [4.78, 5) is 11.7. The number of halogens is 1. The molecular formula is C17H18FNO3. The Hall–Kier alpha value is -2.56. The van der Waals surface area contributed by atoms with Crippen LogP contribution >= 0.6 is 0 Å². The summed E-state index contributed by atoms with van der Waals surface area (Å²) in [5, 5.41) is 11.9. The second kappa shape index (κ2) is 6.05. The number of amides is 1. The molecule has 2 aromatic rings. The van der Waals surface area contributed by atoms with E-state index in [1.807, 2.05) is 0 Å². The maximum Gasteiger partial charge on any atom is 0.412 e. The van der Waals surface area contributed by atoms with Crippen LogP contribution in [0.1, 0.15) is 20.8 Å². The van der Waals surface area contributed by atoms with Crippen molar-refractivity contribution in [2.24, 2.45) is 0 Å². The molecule has 0 bridgehead atoms. The highest BCUT2D eigenvalue weighted by molar-refractivity contribution is 5.86. The number of aromatic hydroxyl groups is 1. The predicted molar refractivity (Wildman–Crippen MR) is 83.4 cm³/mol. The molecule has 0 aliphatic heterocycles. The van der Waals surface area contributed by atoms with Crippen molar-refractivity contribution in [3.05, 3.63) is 48.3 Å². The van der Waals surface area contributed by atoms with E-state index in [4.69, 9.17) is 4.74 Å².